The molecule has 0 unspecified atom stereocenters. The van der Waals surface area contributed by atoms with Crippen LogP contribution in [0.5, 0.6) is 0 Å². The van der Waals surface area contributed by atoms with Gasteiger partial charge in [0.05, 0.1) is 0 Å². The fraction of sp³-hybridized carbons (Fsp3) is 0.786. The number of piperidine rings is 1. The van der Waals surface area contributed by atoms with Crippen molar-refractivity contribution in [1.29, 1.82) is 0 Å². The number of ether oxygens (including phenoxy) is 1. The van der Waals surface area contributed by atoms with Crippen LogP contribution in [-0.2, 0) is 4.74 Å². The van der Waals surface area contributed by atoms with Crippen molar-refractivity contribution in [2.45, 2.75) is 57.3 Å². The summed E-state index contributed by atoms with van der Waals surface area (Å²) >= 11 is 1.55. The third kappa shape index (κ3) is 4.62. The first-order valence-electron chi connectivity index (χ1n) is 7.33. The van der Waals surface area contributed by atoms with Gasteiger partial charge in [-0.3, -0.25) is 0 Å². The lowest BCUT2D eigenvalue weighted by Crippen LogP contribution is -2.41. The first kappa shape index (κ1) is 16.1. The third-order valence-corrected chi connectivity index (χ3v) is 3.89. The second-order valence-electron chi connectivity index (χ2n) is 6.08. The molecule has 0 saturated carbocycles. The van der Waals surface area contributed by atoms with Crippen molar-refractivity contribution in [3.63, 3.8) is 0 Å². The summed E-state index contributed by atoms with van der Waals surface area (Å²) in [6.07, 6.45) is 1.42. The minimum atomic E-state index is -0.452. The molecule has 1 fully saturated rings. The number of aromatic nitrogens is 2. The summed E-state index contributed by atoms with van der Waals surface area (Å²) in [5.41, 5.74) is -0.452. The number of carbonyl (C=O) groups is 1. The van der Waals surface area contributed by atoms with Crippen LogP contribution in [0.4, 0.5) is 4.79 Å². The molecule has 0 N–H and O–H groups in total. The zero-order valence-electron chi connectivity index (χ0n) is 13.1. The molecular weight excluding hydrogens is 290 g/mol. The van der Waals surface area contributed by atoms with Crippen molar-refractivity contribution in [3.8, 4) is 0 Å². The number of thioether (sulfide) groups is 1. The zero-order chi connectivity index (χ0) is 15.5. The third-order valence-electron chi connectivity index (χ3n) is 3.19. The second-order valence-corrected chi connectivity index (χ2v) is 7.30. The number of hydrogen-bond acceptors (Lipinski definition) is 6. The van der Waals surface area contributed by atoms with Crippen molar-refractivity contribution >= 4 is 17.9 Å². The van der Waals surface area contributed by atoms with Gasteiger partial charge in [0, 0.05) is 19.0 Å². The van der Waals surface area contributed by atoms with Gasteiger partial charge < -0.3 is 14.1 Å². The molecule has 2 rings (SSSR count). The summed E-state index contributed by atoms with van der Waals surface area (Å²) in [7, 11) is 0. The average Bonchev–Trinajstić information content (AvgIpc) is 2.86. The van der Waals surface area contributed by atoms with E-state index in [1.165, 1.54) is 0 Å². The Labute approximate surface area is 129 Å². The molecule has 0 radical (unpaired) electrons. The lowest BCUT2D eigenvalue weighted by Gasteiger charge is -2.32. The summed E-state index contributed by atoms with van der Waals surface area (Å²) in [5, 5.41) is 8.77. The van der Waals surface area contributed by atoms with Gasteiger partial charge in [-0.2, -0.15) is 0 Å². The SMILES string of the molecule is CCSc1nnc(C2CCN(C(=O)OC(C)(C)C)CC2)o1. The van der Waals surface area contributed by atoms with Crippen LogP contribution in [0.1, 0.15) is 52.3 Å². The van der Waals surface area contributed by atoms with Gasteiger partial charge >= 0.3 is 6.09 Å². The zero-order valence-corrected chi connectivity index (χ0v) is 13.9. The predicted molar refractivity (Wildman–Crippen MR) is 80.5 cm³/mol. The van der Waals surface area contributed by atoms with Crippen LogP contribution in [0, 0.1) is 0 Å². The Morgan fingerprint density at radius 1 is 1.38 bits per heavy atom. The van der Waals surface area contributed by atoms with Crippen LogP contribution in [-0.4, -0.2) is 45.6 Å². The van der Waals surface area contributed by atoms with Gasteiger partial charge in [-0.25, -0.2) is 4.79 Å². The van der Waals surface area contributed by atoms with Gasteiger partial charge in [0.1, 0.15) is 5.60 Å². The monoisotopic (exact) mass is 313 g/mol. The topological polar surface area (TPSA) is 68.5 Å². The highest BCUT2D eigenvalue weighted by molar-refractivity contribution is 7.99. The molecule has 118 valence electrons. The highest BCUT2D eigenvalue weighted by atomic mass is 32.2. The first-order chi connectivity index (χ1) is 9.89. The van der Waals surface area contributed by atoms with Crippen molar-refractivity contribution in [2.75, 3.05) is 18.8 Å². The molecule has 0 bridgehead atoms. The van der Waals surface area contributed by atoms with Crippen LogP contribution >= 0.6 is 11.8 Å². The smallest absolute Gasteiger partial charge is 0.410 e. The number of nitrogens with zero attached hydrogens (tertiary/aromatic N) is 3. The molecule has 21 heavy (non-hydrogen) atoms. The van der Waals surface area contributed by atoms with Crippen LogP contribution in [0.2, 0.25) is 0 Å². The Morgan fingerprint density at radius 2 is 2.05 bits per heavy atom. The number of carbonyl (C=O) groups excluding carboxylic acids is 1. The van der Waals surface area contributed by atoms with E-state index < -0.39 is 5.60 Å². The largest absolute Gasteiger partial charge is 0.444 e. The number of amides is 1. The first-order valence-corrected chi connectivity index (χ1v) is 8.31. The van der Waals surface area contributed by atoms with E-state index in [0.717, 1.165) is 18.6 Å². The molecule has 1 aliphatic heterocycles. The Kier molecular flexibility index (Phi) is 5.13. The summed E-state index contributed by atoms with van der Waals surface area (Å²) in [6.45, 7) is 9.01. The van der Waals surface area contributed by atoms with E-state index in [1.807, 2.05) is 27.7 Å². The second kappa shape index (κ2) is 6.68. The average molecular weight is 313 g/mol. The molecule has 0 atom stereocenters. The minimum Gasteiger partial charge on any atom is -0.444 e. The van der Waals surface area contributed by atoms with Crippen molar-refractivity contribution in [2.24, 2.45) is 0 Å². The summed E-state index contributed by atoms with van der Waals surface area (Å²) in [4.78, 5) is 13.7. The summed E-state index contributed by atoms with van der Waals surface area (Å²) in [6, 6.07) is 0. The maximum atomic E-state index is 12.0. The molecular formula is C14H23N3O3S. The van der Waals surface area contributed by atoms with Crippen LogP contribution in [0.15, 0.2) is 9.64 Å². The highest BCUT2D eigenvalue weighted by Gasteiger charge is 2.29. The number of likely N-dealkylation sites (tertiary alicyclic amines) is 1. The van der Waals surface area contributed by atoms with Crippen molar-refractivity contribution in [1.82, 2.24) is 15.1 Å². The lowest BCUT2D eigenvalue weighted by atomic mass is 9.97. The highest BCUT2D eigenvalue weighted by Crippen LogP contribution is 2.29. The maximum Gasteiger partial charge on any atom is 0.410 e. The van der Waals surface area contributed by atoms with Crippen molar-refractivity contribution < 1.29 is 13.9 Å². The fourth-order valence-electron chi connectivity index (χ4n) is 2.20. The van der Waals surface area contributed by atoms with Gasteiger partial charge in [0.15, 0.2) is 0 Å². The van der Waals surface area contributed by atoms with E-state index in [1.54, 1.807) is 16.7 Å². The maximum absolute atomic E-state index is 12.0. The predicted octanol–water partition coefficient (Wildman–Crippen LogP) is 3.30. The fourth-order valence-corrected chi connectivity index (χ4v) is 2.69. The lowest BCUT2D eigenvalue weighted by molar-refractivity contribution is 0.0198. The van der Waals surface area contributed by atoms with Crippen LogP contribution in [0.25, 0.3) is 0 Å². The van der Waals surface area contributed by atoms with E-state index in [0.29, 0.717) is 24.2 Å². The number of hydrogen-bond donors (Lipinski definition) is 0. The summed E-state index contributed by atoms with van der Waals surface area (Å²) < 4.78 is 11.0. The van der Waals surface area contributed by atoms with Crippen molar-refractivity contribution in [3.05, 3.63) is 5.89 Å². The molecule has 0 aromatic carbocycles. The molecule has 1 amide bonds. The quantitative estimate of drug-likeness (QED) is 0.798. The van der Waals surface area contributed by atoms with Gasteiger partial charge in [-0.05, 0) is 39.4 Å². The molecule has 6 nitrogen and oxygen atoms in total. The molecule has 1 saturated heterocycles. The van der Waals surface area contributed by atoms with Gasteiger partial charge in [0.25, 0.3) is 5.22 Å². The summed E-state index contributed by atoms with van der Waals surface area (Å²) in [5.74, 6) is 1.84. The minimum absolute atomic E-state index is 0.238. The van der Waals surface area contributed by atoms with Gasteiger partial charge in [-0.15, -0.1) is 10.2 Å². The molecule has 0 aliphatic carbocycles. The molecule has 1 aromatic heterocycles. The normalized spacial score (nSPS) is 17.0. The standard InChI is InChI=1S/C14H23N3O3S/c1-5-21-12-16-15-11(19-12)10-6-8-17(9-7-10)13(18)20-14(2,3)4/h10H,5-9H2,1-4H3. The molecule has 2 heterocycles. The number of rotatable bonds is 3. The molecule has 1 aliphatic rings. The Bertz CT molecular complexity index is 476. The Morgan fingerprint density at radius 3 is 2.62 bits per heavy atom. The molecule has 0 spiro atoms. The van der Waals surface area contributed by atoms with Crippen LogP contribution in [0.3, 0.4) is 0 Å². The van der Waals surface area contributed by atoms with E-state index in [4.69, 9.17) is 9.15 Å². The Hall–Kier alpha value is -1.24. The molecule has 1 aromatic rings. The van der Waals surface area contributed by atoms with E-state index in [9.17, 15) is 4.79 Å². The van der Waals surface area contributed by atoms with Crippen LogP contribution < -0.4 is 0 Å². The Balaban J connectivity index is 1.86. The van der Waals surface area contributed by atoms with Gasteiger partial charge in [0.2, 0.25) is 5.89 Å². The van der Waals surface area contributed by atoms with Gasteiger partial charge in [-0.1, -0.05) is 18.7 Å². The van der Waals surface area contributed by atoms with E-state index >= 15 is 0 Å². The van der Waals surface area contributed by atoms with E-state index in [-0.39, 0.29) is 12.0 Å². The molecule has 7 heteroatoms. The van der Waals surface area contributed by atoms with E-state index in [2.05, 4.69) is 10.2 Å².